The molecule has 2 aromatic rings. The van der Waals surface area contributed by atoms with Gasteiger partial charge in [0.1, 0.15) is 17.7 Å². The number of rotatable bonds is 9. The Kier molecular flexibility index (Phi) is 10.3. The third kappa shape index (κ3) is 7.96. The van der Waals surface area contributed by atoms with E-state index in [2.05, 4.69) is 10.6 Å². The number of carbonyl (C=O) groups excluding carboxylic acids is 3. The summed E-state index contributed by atoms with van der Waals surface area (Å²) in [7, 11) is 0. The first-order chi connectivity index (χ1) is 16.9. The Bertz CT molecular complexity index is 1030. The molecule has 0 radical (unpaired) electrons. The summed E-state index contributed by atoms with van der Waals surface area (Å²) >= 11 is 6.33. The molecule has 0 spiro atoms. The summed E-state index contributed by atoms with van der Waals surface area (Å²) in [5.74, 6) is -1.35. The normalized spacial score (nSPS) is 13.0. The van der Waals surface area contributed by atoms with Gasteiger partial charge in [0.2, 0.25) is 5.91 Å². The Morgan fingerprint density at radius 2 is 1.69 bits per heavy atom. The van der Waals surface area contributed by atoms with Gasteiger partial charge in [-0.1, -0.05) is 67.9 Å². The Morgan fingerprint density at radius 3 is 2.22 bits per heavy atom. The second-order valence-corrected chi connectivity index (χ2v) is 10.3. The molecule has 0 fully saturated rings. The monoisotopic (exact) mass is 517 g/mol. The molecule has 0 saturated heterocycles. The number of aliphatic hydroxyl groups excluding tert-OH is 1. The molecule has 0 bridgehead atoms. The van der Waals surface area contributed by atoms with Gasteiger partial charge in [-0.15, -0.1) is 0 Å². The van der Waals surface area contributed by atoms with Gasteiger partial charge in [-0.2, -0.15) is 0 Å². The minimum absolute atomic E-state index is 0.132. The molecule has 0 aromatic heterocycles. The molecule has 2 unspecified atom stereocenters. The van der Waals surface area contributed by atoms with Gasteiger partial charge < -0.3 is 25.4 Å². The van der Waals surface area contributed by atoms with E-state index in [1.54, 1.807) is 77.1 Å². The number of aryl methyl sites for hydroxylation is 1. The van der Waals surface area contributed by atoms with E-state index in [1.807, 2.05) is 13.0 Å². The van der Waals surface area contributed by atoms with E-state index in [9.17, 15) is 19.5 Å². The number of alkyl carbamates (subject to hydrolysis) is 1. The predicted molar refractivity (Wildman–Crippen MR) is 141 cm³/mol. The maximum Gasteiger partial charge on any atom is 0.408 e. The molecule has 36 heavy (non-hydrogen) atoms. The second kappa shape index (κ2) is 12.7. The fourth-order valence-electron chi connectivity index (χ4n) is 3.69. The lowest BCUT2D eigenvalue weighted by atomic mass is 9.98. The van der Waals surface area contributed by atoms with Crippen molar-refractivity contribution < 1.29 is 24.2 Å². The van der Waals surface area contributed by atoms with E-state index in [4.69, 9.17) is 16.3 Å². The van der Waals surface area contributed by atoms with Crippen LogP contribution in [-0.4, -0.2) is 52.7 Å². The Hall–Kier alpha value is -3.10. The van der Waals surface area contributed by atoms with Crippen molar-refractivity contribution in [3.63, 3.8) is 0 Å². The summed E-state index contributed by atoms with van der Waals surface area (Å²) in [6.07, 6.45) is -0.745. The van der Waals surface area contributed by atoms with E-state index in [0.717, 1.165) is 5.56 Å². The number of benzene rings is 2. The van der Waals surface area contributed by atoms with Crippen LogP contribution in [-0.2, 0) is 14.3 Å². The second-order valence-electron chi connectivity index (χ2n) is 9.86. The predicted octanol–water partition coefficient (Wildman–Crippen LogP) is 4.70. The number of carbonyl (C=O) groups is 3. The number of nitrogens with one attached hydrogen (secondary N) is 2. The number of para-hydroxylation sites is 1. The average Bonchev–Trinajstić information content (AvgIpc) is 2.78. The first-order valence-corrected chi connectivity index (χ1v) is 12.2. The lowest BCUT2D eigenvalue weighted by Crippen LogP contribution is -2.55. The number of anilines is 1. The highest BCUT2D eigenvalue weighted by Crippen LogP contribution is 2.29. The van der Waals surface area contributed by atoms with Crippen LogP contribution >= 0.6 is 11.6 Å². The van der Waals surface area contributed by atoms with Gasteiger partial charge in [-0.25, -0.2) is 4.79 Å². The summed E-state index contributed by atoms with van der Waals surface area (Å²) in [4.78, 5) is 41.3. The number of aliphatic hydroxyl groups is 1. The number of halogens is 1. The van der Waals surface area contributed by atoms with Gasteiger partial charge >= 0.3 is 6.09 Å². The van der Waals surface area contributed by atoms with Gasteiger partial charge in [0, 0.05) is 6.54 Å². The van der Waals surface area contributed by atoms with Gasteiger partial charge in [0.05, 0.1) is 17.3 Å². The van der Waals surface area contributed by atoms with Crippen molar-refractivity contribution in [1.29, 1.82) is 0 Å². The number of ether oxygens (including phenoxy) is 1. The van der Waals surface area contributed by atoms with E-state index < -0.39 is 35.6 Å². The first-order valence-electron chi connectivity index (χ1n) is 11.9. The van der Waals surface area contributed by atoms with Gasteiger partial charge in [-0.3, -0.25) is 9.59 Å². The molecule has 0 heterocycles. The van der Waals surface area contributed by atoms with Gasteiger partial charge in [0.25, 0.3) is 5.91 Å². The molecule has 2 rings (SSSR count). The Morgan fingerprint density at radius 1 is 1.06 bits per heavy atom. The van der Waals surface area contributed by atoms with Crippen LogP contribution in [0.5, 0.6) is 0 Å². The third-order valence-corrected chi connectivity index (χ3v) is 5.69. The maximum atomic E-state index is 13.8. The van der Waals surface area contributed by atoms with E-state index in [-0.39, 0.29) is 19.1 Å². The quantitative estimate of drug-likeness (QED) is 0.447. The smallest absolute Gasteiger partial charge is 0.408 e. The van der Waals surface area contributed by atoms with Crippen molar-refractivity contribution in [2.45, 2.75) is 59.2 Å². The molecule has 8 nitrogen and oxygen atoms in total. The van der Waals surface area contributed by atoms with E-state index >= 15 is 0 Å². The van der Waals surface area contributed by atoms with Crippen molar-refractivity contribution in [1.82, 2.24) is 10.2 Å². The van der Waals surface area contributed by atoms with E-state index in [0.29, 0.717) is 16.3 Å². The van der Waals surface area contributed by atoms with Gasteiger partial charge in [0.15, 0.2) is 0 Å². The van der Waals surface area contributed by atoms with E-state index in [1.165, 1.54) is 4.90 Å². The van der Waals surface area contributed by atoms with Crippen molar-refractivity contribution >= 4 is 35.2 Å². The lowest BCUT2D eigenvalue weighted by Gasteiger charge is -2.35. The summed E-state index contributed by atoms with van der Waals surface area (Å²) in [5, 5.41) is 15.7. The minimum atomic E-state index is -1.09. The largest absolute Gasteiger partial charge is 0.444 e. The third-order valence-electron chi connectivity index (χ3n) is 5.37. The molecule has 0 saturated carbocycles. The number of amides is 3. The van der Waals surface area contributed by atoms with Crippen LogP contribution in [0.1, 0.15) is 51.8 Å². The molecule has 196 valence electrons. The van der Waals surface area contributed by atoms with Crippen LogP contribution < -0.4 is 10.6 Å². The zero-order valence-corrected chi connectivity index (χ0v) is 22.4. The zero-order chi connectivity index (χ0) is 27.0. The fourth-order valence-corrected chi connectivity index (χ4v) is 3.96. The number of hydrogen-bond donors (Lipinski definition) is 3. The highest BCUT2D eigenvalue weighted by atomic mass is 35.5. The van der Waals surface area contributed by atoms with Crippen molar-refractivity contribution in [3.05, 3.63) is 64.7 Å². The molecule has 3 amide bonds. The average molecular weight is 518 g/mol. The van der Waals surface area contributed by atoms with Crippen molar-refractivity contribution in [3.8, 4) is 0 Å². The summed E-state index contributed by atoms with van der Waals surface area (Å²) < 4.78 is 5.34. The van der Waals surface area contributed by atoms with Crippen molar-refractivity contribution in [2.75, 3.05) is 18.5 Å². The molecule has 0 aliphatic rings. The molecule has 9 heteroatoms. The van der Waals surface area contributed by atoms with Crippen molar-refractivity contribution in [2.24, 2.45) is 5.92 Å². The molecular weight excluding hydrogens is 482 g/mol. The summed E-state index contributed by atoms with van der Waals surface area (Å²) in [6, 6.07) is 12.0. The van der Waals surface area contributed by atoms with Crippen LogP contribution in [0.4, 0.5) is 10.5 Å². The van der Waals surface area contributed by atoms with Crippen LogP contribution in [0.15, 0.2) is 48.5 Å². The molecular formula is C27H36ClN3O5. The number of nitrogens with zero attached hydrogens (tertiary/aromatic N) is 1. The van der Waals surface area contributed by atoms with Crippen LogP contribution in [0.2, 0.25) is 5.02 Å². The summed E-state index contributed by atoms with van der Waals surface area (Å²) in [6.45, 7) is 10.0. The lowest BCUT2D eigenvalue weighted by molar-refractivity contribution is -0.142. The molecule has 3 N–H and O–H groups in total. The molecule has 2 aromatic carbocycles. The van der Waals surface area contributed by atoms with Crippen LogP contribution in [0, 0.1) is 12.8 Å². The first kappa shape index (κ1) is 29.1. The highest BCUT2D eigenvalue weighted by molar-refractivity contribution is 6.34. The highest BCUT2D eigenvalue weighted by Gasteiger charge is 2.37. The fraction of sp³-hybridized carbons (Fsp3) is 0.444. The van der Waals surface area contributed by atoms with Crippen LogP contribution in [0.3, 0.4) is 0 Å². The summed E-state index contributed by atoms with van der Waals surface area (Å²) in [5.41, 5.74) is 0.989. The minimum Gasteiger partial charge on any atom is -0.444 e. The molecule has 0 aliphatic heterocycles. The maximum absolute atomic E-state index is 13.8. The Labute approximate surface area is 218 Å². The SMILES string of the molecule is Cc1cccc(Cl)c1NC(=O)C(c1ccccc1)N(CCO)C(=O)C(NC(=O)OC(C)(C)C)C(C)C. The Balaban J connectivity index is 2.48. The zero-order valence-electron chi connectivity index (χ0n) is 21.7. The standard InChI is InChI=1S/C27H36ClN3O5/c1-17(2)21(30-26(35)36-27(4,5)6)25(34)31(15-16-32)23(19-12-8-7-9-13-19)24(33)29-22-18(3)11-10-14-20(22)28/h7-14,17,21,23,32H,15-16H2,1-6H3,(H,29,33)(H,30,35). The van der Waals surface area contributed by atoms with Gasteiger partial charge in [-0.05, 0) is 50.8 Å². The number of hydrogen-bond acceptors (Lipinski definition) is 5. The van der Waals surface area contributed by atoms with Crippen LogP contribution in [0.25, 0.3) is 0 Å². The molecule has 2 atom stereocenters. The topological polar surface area (TPSA) is 108 Å². The molecule has 0 aliphatic carbocycles.